The van der Waals surface area contributed by atoms with Crippen LogP contribution in [0.4, 0.5) is 13.2 Å². The van der Waals surface area contributed by atoms with E-state index in [9.17, 15) is 23.1 Å². The minimum atomic E-state index is -4.85. The summed E-state index contributed by atoms with van der Waals surface area (Å²) in [6.07, 6.45) is -3.97. The lowest BCUT2D eigenvalue weighted by Crippen LogP contribution is -2.42. The van der Waals surface area contributed by atoms with Crippen molar-refractivity contribution < 1.29 is 42.0 Å². The molecule has 0 heterocycles. The van der Waals surface area contributed by atoms with Crippen LogP contribution in [0.25, 0.3) is 0 Å². The van der Waals surface area contributed by atoms with Gasteiger partial charge in [0, 0.05) is 44.2 Å². The van der Waals surface area contributed by atoms with Crippen LogP contribution in [-0.4, -0.2) is 57.0 Å². The molecule has 4 atom stereocenters. The van der Waals surface area contributed by atoms with Crippen LogP contribution in [-0.2, 0) is 22.5 Å². The van der Waals surface area contributed by atoms with Gasteiger partial charge in [-0.1, -0.05) is 50.3 Å². The Labute approximate surface area is 258 Å². The number of amides is 1. The summed E-state index contributed by atoms with van der Waals surface area (Å²) in [6, 6.07) is 10.7. The van der Waals surface area contributed by atoms with Crippen molar-refractivity contribution in [3.63, 3.8) is 0 Å². The molecule has 0 aliphatic heterocycles. The minimum absolute atomic E-state index is 0.0501. The van der Waals surface area contributed by atoms with E-state index >= 15 is 0 Å². The zero-order valence-electron chi connectivity index (χ0n) is 26.3. The van der Waals surface area contributed by atoms with E-state index in [4.69, 9.17) is 19.9 Å². The molecule has 2 rings (SSSR count). The quantitative estimate of drug-likeness (QED) is 0.134. The molecule has 0 bridgehead atoms. The fourth-order valence-corrected chi connectivity index (χ4v) is 4.88. The number of hydrogen-bond acceptors (Lipinski definition) is 7. The van der Waals surface area contributed by atoms with Crippen molar-refractivity contribution in [1.82, 2.24) is 5.32 Å². The lowest BCUT2D eigenvalue weighted by molar-refractivity contribution is -0.274. The summed E-state index contributed by atoms with van der Waals surface area (Å²) in [7, 11) is 3.22. The molecular formula is C33H47F3N2O6. The molecule has 2 aromatic rings. The van der Waals surface area contributed by atoms with Crippen LogP contribution in [0.3, 0.4) is 0 Å². The molecule has 44 heavy (non-hydrogen) atoms. The van der Waals surface area contributed by atoms with Crippen LogP contribution < -0.4 is 25.3 Å². The number of halogens is 3. The summed E-state index contributed by atoms with van der Waals surface area (Å²) < 4.78 is 58.9. The minimum Gasteiger partial charge on any atom is -0.493 e. The molecule has 4 N–H and O–H groups in total. The first-order chi connectivity index (χ1) is 20.7. The number of aliphatic hydroxyl groups is 1. The van der Waals surface area contributed by atoms with E-state index in [1.54, 1.807) is 20.3 Å². The van der Waals surface area contributed by atoms with E-state index in [0.29, 0.717) is 37.6 Å². The van der Waals surface area contributed by atoms with Crippen LogP contribution in [0.1, 0.15) is 51.2 Å². The van der Waals surface area contributed by atoms with Gasteiger partial charge in [0.15, 0.2) is 11.5 Å². The molecule has 0 fully saturated rings. The van der Waals surface area contributed by atoms with Crippen LogP contribution in [0.2, 0.25) is 0 Å². The van der Waals surface area contributed by atoms with Gasteiger partial charge in [-0.05, 0) is 61.8 Å². The highest BCUT2D eigenvalue weighted by atomic mass is 19.4. The third-order valence-corrected chi connectivity index (χ3v) is 7.50. The lowest BCUT2D eigenvalue weighted by atomic mass is 9.82. The summed E-state index contributed by atoms with van der Waals surface area (Å²) in [4.78, 5) is 13.1. The van der Waals surface area contributed by atoms with Gasteiger partial charge in [0.25, 0.3) is 0 Å². The summed E-state index contributed by atoms with van der Waals surface area (Å²) in [5, 5.41) is 13.8. The first-order valence-corrected chi connectivity index (χ1v) is 14.7. The van der Waals surface area contributed by atoms with E-state index < -0.39 is 24.4 Å². The second-order valence-corrected chi connectivity index (χ2v) is 11.4. The number of nitrogens with one attached hydrogen (secondary N) is 1. The van der Waals surface area contributed by atoms with Crippen LogP contribution in [0, 0.1) is 17.8 Å². The zero-order chi connectivity index (χ0) is 32.9. The Hall–Kier alpha value is -3.28. The van der Waals surface area contributed by atoms with Crippen molar-refractivity contribution in [2.75, 3.05) is 27.4 Å². The van der Waals surface area contributed by atoms with E-state index in [1.807, 2.05) is 39.0 Å². The number of ether oxygens (including phenoxy) is 4. The molecule has 11 heteroatoms. The molecule has 0 saturated heterocycles. The smallest absolute Gasteiger partial charge is 0.493 e. The summed E-state index contributed by atoms with van der Waals surface area (Å²) in [5.41, 5.74) is 8.56. The molecule has 1 amide bonds. The normalized spacial score (nSPS) is 14.4. The second-order valence-electron chi connectivity index (χ2n) is 11.4. The van der Waals surface area contributed by atoms with Gasteiger partial charge in [0.2, 0.25) is 5.91 Å². The Morgan fingerprint density at radius 3 is 2.36 bits per heavy atom. The molecule has 246 valence electrons. The number of benzene rings is 2. The average molecular weight is 625 g/mol. The van der Waals surface area contributed by atoms with Crippen LogP contribution in [0.5, 0.6) is 17.2 Å². The van der Waals surface area contributed by atoms with Gasteiger partial charge in [-0.15, -0.1) is 13.2 Å². The van der Waals surface area contributed by atoms with Gasteiger partial charge in [-0.2, -0.15) is 0 Å². The van der Waals surface area contributed by atoms with Crippen LogP contribution in [0.15, 0.2) is 54.6 Å². The fourth-order valence-electron chi connectivity index (χ4n) is 4.88. The predicted octanol–water partition coefficient (Wildman–Crippen LogP) is 5.80. The van der Waals surface area contributed by atoms with E-state index in [0.717, 1.165) is 17.6 Å². The highest BCUT2D eigenvalue weighted by molar-refractivity contribution is 5.79. The lowest BCUT2D eigenvalue weighted by Gasteiger charge is -2.29. The maximum Gasteiger partial charge on any atom is 0.573 e. The van der Waals surface area contributed by atoms with Crippen molar-refractivity contribution in [2.45, 2.75) is 71.5 Å². The Morgan fingerprint density at radius 2 is 1.75 bits per heavy atom. The zero-order valence-corrected chi connectivity index (χ0v) is 26.3. The summed E-state index contributed by atoms with van der Waals surface area (Å²) >= 11 is 0. The number of hydrogen-bond donors (Lipinski definition) is 3. The maximum absolute atomic E-state index is 13.1. The van der Waals surface area contributed by atoms with E-state index in [1.165, 1.54) is 18.2 Å². The fraction of sp³-hybridized carbons (Fsp3) is 0.545. The maximum atomic E-state index is 13.1. The Kier molecular flexibility index (Phi) is 15.0. The van der Waals surface area contributed by atoms with Crippen molar-refractivity contribution in [1.29, 1.82) is 0 Å². The highest BCUT2D eigenvalue weighted by Crippen LogP contribution is 2.32. The number of nitrogens with two attached hydrogens (primary N) is 1. The third-order valence-electron chi connectivity index (χ3n) is 7.50. The number of allylic oxidation sites excluding steroid dienone is 1. The molecule has 0 spiro atoms. The van der Waals surface area contributed by atoms with E-state index in [2.05, 4.69) is 16.6 Å². The van der Waals surface area contributed by atoms with Crippen LogP contribution >= 0.6 is 0 Å². The molecule has 0 aliphatic carbocycles. The van der Waals surface area contributed by atoms with Crippen molar-refractivity contribution in [3.8, 4) is 17.2 Å². The molecule has 0 aromatic heterocycles. The number of para-hydroxylation sites is 1. The Morgan fingerprint density at radius 1 is 1.05 bits per heavy atom. The molecule has 0 unspecified atom stereocenters. The van der Waals surface area contributed by atoms with Gasteiger partial charge >= 0.3 is 6.36 Å². The Bertz CT molecular complexity index is 1190. The first-order valence-electron chi connectivity index (χ1n) is 14.7. The number of alkyl halides is 3. The second kappa shape index (κ2) is 17.9. The van der Waals surface area contributed by atoms with Gasteiger partial charge in [-0.3, -0.25) is 4.79 Å². The number of methoxy groups -OCH3 is 2. The number of carbonyl (C=O) groups is 1. The Balaban J connectivity index is 2.04. The molecule has 0 radical (unpaired) electrons. The molecule has 8 nitrogen and oxygen atoms in total. The van der Waals surface area contributed by atoms with Gasteiger partial charge in [-0.25, -0.2) is 0 Å². The largest absolute Gasteiger partial charge is 0.573 e. The SMILES string of the molecule is C=C(C)[C@@H](Cc1ccc(OC)c(OCCCOC)c1)C[C@H](N)[C@@H](O)C[C@H](C(=O)NCc1ccccc1OC(F)(F)F)C(C)C. The van der Waals surface area contributed by atoms with E-state index in [-0.39, 0.29) is 42.0 Å². The van der Waals surface area contributed by atoms with Gasteiger partial charge in [0.05, 0.1) is 19.8 Å². The average Bonchev–Trinajstić information content (AvgIpc) is 2.96. The summed E-state index contributed by atoms with van der Waals surface area (Å²) in [6.45, 7) is 10.7. The topological polar surface area (TPSA) is 112 Å². The van der Waals surface area contributed by atoms with Crippen molar-refractivity contribution >= 4 is 5.91 Å². The number of carbonyl (C=O) groups excluding carboxylic acids is 1. The van der Waals surface area contributed by atoms with Crippen molar-refractivity contribution in [2.24, 2.45) is 23.5 Å². The van der Waals surface area contributed by atoms with Gasteiger partial charge in [0.1, 0.15) is 5.75 Å². The number of aliphatic hydroxyl groups excluding tert-OH is 1. The monoisotopic (exact) mass is 624 g/mol. The molecule has 2 aromatic carbocycles. The van der Waals surface area contributed by atoms with Crippen molar-refractivity contribution in [3.05, 3.63) is 65.7 Å². The predicted molar refractivity (Wildman–Crippen MR) is 164 cm³/mol. The van der Waals surface area contributed by atoms with Gasteiger partial charge < -0.3 is 35.1 Å². The first kappa shape index (κ1) is 36.9. The molecular weight excluding hydrogens is 577 g/mol. The standard InChI is InChI=1S/C33H47F3N2O6/c1-21(2)25(16-23-12-13-30(42-6)31(17-23)43-15-9-14-41-5)18-27(37)28(39)19-26(22(3)4)32(40)38-20-24-10-7-8-11-29(24)44-33(34,35)36/h7-8,10-13,17,22,25-28,39H,1,9,14-16,18-20,37H2,2-6H3,(H,38,40)/t25-,26-,27-,28-/m0/s1. The highest BCUT2D eigenvalue weighted by Gasteiger charge is 2.33. The summed E-state index contributed by atoms with van der Waals surface area (Å²) in [5.74, 6) is -0.335. The molecule has 0 saturated carbocycles. The molecule has 0 aliphatic rings. The number of rotatable bonds is 19. The third kappa shape index (κ3) is 12.4.